The van der Waals surface area contributed by atoms with Gasteiger partial charge in [0.2, 0.25) is 0 Å². The lowest BCUT2D eigenvalue weighted by Crippen LogP contribution is -2.19. The van der Waals surface area contributed by atoms with Crippen LogP contribution in [0.15, 0.2) is 18.2 Å². The molecule has 0 spiro atoms. The first kappa shape index (κ1) is 11.3. The minimum atomic E-state index is 0.857. The zero-order chi connectivity index (χ0) is 11.7. The Morgan fingerprint density at radius 2 is 2.19 bits per heavy atom. The summed E-state index contributed by atoms with van der Waals surface area (Å²) in [5.41, 5.74) is 3.43. The van der Waals surface area contributed by atoms with Crippen molar-refractivity contribution in [1.29, 1.82) is 0 Å². The van der Waals surface area contributed by atoms with Crippen LogP contribution in [0.4, 0.5) is 5.69 Å². The number of hydrogen-bond acceptors (Lipinski definition) is 3. The molecule has 3 nitrogen and oxygen atoms in total. The average Bonchev–Trinajstić information content (AvgIpc) is 2.55. The molecule has 2 rings (SSSR count). The van der Waals surface area contributed by atoms with Crippen molar-refractivity contribution in [3.05, 3.63) is 24.0 Å². The van der Waals surface area contributed by atoms with Crippen LogP contribution in [-0.2, 0) is 7.05 Å². The number of imidazole rings is 1. The van der Waals surface area contributed by atoms with Crippen molar-refractivity contribution in [2.24, 2.45) is 7.05 Å². The van der Waals surface area contributed by atoms with E-state index in [1.807, 2.05) is 14.0 Å². The van der Waals surface area contributed by atoms with Crippen molar-refractivity contribution in [2.75, 3.05) is 24.2 Å². The number of nitrogens with zero attached hydrogens (tertiary/aromatic N) is 3. The first-order valence-corrected chi connectivity index (χ1v) is 6.02. The summed E-state index contributed by atoms with van der Waals surface area (Å²) in [4.78, 5) is 6.72. The number of fused-ring (bicyclic) bond motifs is 1. The van der Waals surface area contributed by atoms with Crippen molar-refractivity contribution in [3.63, 3.8) is 0 Å². The van der Waals surface area contributed by atoms with Crippen LogP contribution in [0.2, 0.25) is 0 Å². The van der Waals surface area contributed by atoms with E-state index in [0.717, 1.165) is 23.6 Å². The summed E-state index contributed by atoms with van der Waals surface area (Å²) in [5.74, 6) is 1.90. The van der Waals surface area contributed by atoms with Gasteiger partial charge in [-0.05, 0) is 25.1 Å². The molecule has 4 heteroatoms. The monoisotopic (exact) mass is 235 g/mol. The highest BCUT2D eigenvalue weighted by atomic mass is 32.1. The second-order valence-corrected chi connectivity index (χ2v) is 4.48. The molecule has 86 valence electrons. The summed E-state index contributed by atoms with van der Waals surface area (Å²) in [6, 6.07) is 6.39. The van der Waals surface area contributed by atoms with Gasteiger partial charge in [0.1, 0.15) is 5.82 Å². The summed E-state index contributed by atoms with van der Waals surface area (Å²) < 4.78 is 2.11. The van der Waals surface area contributed by atoms with Crippen molar-refractivity contribution in [3.8, 4) is 0 Å². The maximum absolute atomic E-state index is 4.53. The van der Waals surface area contributed by atoms with E-state index < -0.39 is 0 Å². The van der Waals surface area contributed by atoms with Crippen LogP contribution in [0.3, 0.4) is 0 Å². The number of hydrogen-bond donors (Lipinski definition) is 1. The molecule has 0 radical (unpaired) electrons. The number of rotatable bonds is 3. The van der Waals surface area contributed by atoms with Gasteiger partial charge >= 0.3 is 0 Å². The molecular weight excluding hydrogens is 218 g/mol. The van der Waals surface area contributed by atoms with Crippen LogP contribution in [0.25, 0.3) is 11.0 Å². The first-order valence-electron chi connectivity index (χ1n) is 5.38. The lowest BCUT2D eigenvalue weighted by atomic mass is 10.2. The quantitative estimate of drug-likeness (QED) is 0.824. The lowest BCUT2D eigenvalue weighted by molar-refractivity contribution is 0.886. The average molecular weight is 235 g/mol. The Kier molecular flexibility index (Phi) is 3.10. The molecule has 1 aromatic heterocycles. The van der Waals surface area contributed by atoms with E-state index in [-0.39, 0.29) is 0 Å². The summed E-state index contributed by atoms with van der Waals surface area (Å²) in [6.07, 6.45) is 0. The molecule has 0 amide bonds. The molecule has 0 N–H and O–H groups in total. The molecule has 1 heterocycles. The largest absolute Gasteiger partial charge is 0.374 e. The second kappa shape index (κ2) is 4.37. The number of benzene rings is 1. The van der Waals surface area contributed by atoms with Gasteiger partial charge in [-0.1, -0.05) is 0 Å². The normalized spacial score (nSPS) is 11.0. The van der Waals surface area contributed by atoms with E-state index in [4.69, 9.17) is 0 Å². The maximum Gasteiger partial charge on any atom is 0.106 e. The Bertz CT molecular complexity index is 504. The molecule has 2 aromatic rings. The minimum Gasteiger partial charge on any atom is -0.374 e. The second-order valence-electron chi connectivity index (χ2n) is 4.04. The molecule has 1 aromatic carbocycles. The number of thiol groups is 1. The molecule has 0 atom stereocenters. The molecule has 0 bridgehead atoms. The third-order valence-corrected chi connectivity index (χ3v) is 3.16. The van der Waals surface area contributed by atoms with Gasteiger partial charge in [-0.15, -0.1) is 0 Å². The van der Waals surface area contributed by atoms with Crippen LogP contribution in [0.1, 0.15) is 5.82 Å². The molecular formula is C12H17N3S. The molecule has 0 fully saturated rings. The van der Waals surface area contributed by atoms with Crippen molar-refractivity contribution in [1.82, 2.24) is 9.55 Å². The van der Waals surface area contributed by atoms with Gasteiger partial charge in [-0.3, -0.25) is 0 Å². The van der Waals surface area contributed by atoms with E-state index >= 15 is 0 Å². The third-order valence-electron chi connectivity index (χ3n) is 2.96. The predicted octanol–water partition coefficient (Wildman–Crippen LogP) is 2.25. The molecule has 0 saturated heterocycles. The van der Waals surface area contributed by atoms with Gasteiger partial charge in [0.25, 0.3) is 0 Å². The third kappa shape index (κ3) is 1.89. The number of aryl methyl sites for hydroxylation is 2. The smallest absolute Gasteiger partial charge is 0.106 e. The fraction of sp³-hybridized carbons (Fsp3) is 0.417. The summed E-state index contributed by atoms with van der Waals surface area (Å²) in [6.45, 7) is 2.97. The van der Waals surface area contributed by atoms with Crippen LogP contribution in [-0.4, -0.2) is 28.9 Å². The molecule has 16 heavy (non-hydrogen) atoms. The Hall–Kier alpha value is -1.16. The highest BCUT2D eigenvalue weighted by Gasteiger charge is 2.06. The van der Waals surface area contributed by atoms with Crippen LogP contribution in [0.5, 0.6) is 0 Å². The van der Waals surface area contributed by atoms with Crippen LogP contribution >= 0.6 is 12.6 Å². The zero-order valence-electron chi connectivity index (χ0n) is 9.94. The van der Waals surface area contributed by atoms with Crippen molar-refractivity contribution >= 4 is 29.3 Å². The summed E-state index contributed by atoms with van der Waals surface area (Å²) in [5, 5.41) is 0. The fourth-order valence-corrected chi connectivity index (χ4v) is 2.13. The van der Waals surface area contributed by atoms with Crippen molar-refractivity contribution < 1.29 is 0 Å². The number of anilines is 1. The molecule has 0 aliphatic heterocycles. The summed E-state index contributed by atoms with van der Waals surface area (Å²) >= 11 is 4.24. The summed E-state index contributed by atoms with van der Waals surface area (Å²) in [7, 11) is 4.12. The van der Waals surface area contributed by atoms with E-state index in [2.05, 4.69) is 52.3 Å². The van der Waals surface area contributed by atoms with Gasteiger partial charge in [-0.2, -0.15) is 12.6 Å². The van der Waals surface area contributed by atoms with Crippen LogP contribution in [0, 0.1) is 6.92 Å². The van der Waals surface area contributed by atoms with E-state index in [9.17, 15) is 0 Å². The Labute approximate surface area is 101 Å². The molecule has 0 saturated carbocycles. The lowest BCUT2D eigenvalue weighted by Gasteiger charge is -2.17. The minimum absolute atomic E-state index is 0.857. The highest BCUT2D eigenvalue weighted by molar-refractivity contribution is 7.80. The van der Waals surface area contributed by atoms with Gasteiger partial charge < -0.3 is 9.47 Å². The Morgan fingerprint density at radius 3 is 2.88 bits per heavy atom. The first-order chi connectivity index (χ1) is 7.63. The number of aromatic nitrogens is 2. The van der Waals surface area contributed by atoms with E-state index in [0.29, 0.717) is 0 Å². The molecule has 0 unspecified atom stereocenters. The standard InChI is InChI=1S/C12H17N3S/c1-9-13-11-8-10(14(2)6-7-16)4-5-12(11)15(9)3/h4-5,8,16H,6-7H2,1-3H3. The van der Waals surface area contributed by atoms with E-state index in [1.165, 1.54) is 11.2 Å². The van der Waals surface area contributed by atoms with Gasteiger partial charge in [0.05, 0.1) is 11.0 Å². The maximum atomic E-state index is 4.53. The fourth-order valence-electron chi connectivity index (χ4n) is 1.83. The topological polar surface area (TPSA) is 21.1 Å². The SMILES string of the molecule is Cc1nc2cc(N(C)CCS)ccc2n1C. The van der Waals surface area contributed by atoms with Gasteiger partial charge in [-0.25, -0.2) is 4.98 Å². The molecule has 0 aliphatic carbocycles. The Balaban J connectivity index is 2.44. The zero-order valence-corrected chi connectivity index (χ0v) is 10.8. The predicted molar refractivity (Wildman–Crippen MR) is 72.6 cm³/mol. The highest BCUT2D eigenvalue weighted by Crippen LogP contribution is 2.21. The Morgan fingerprint density at radius 1 is 1.44 bits per heavy atom. The van der Waals surface area contributed by atoms with E-state index in [1.54, 1.807) is 0 Å². The van der Waals surface area contributed by atoms with Gasteiger partial charge in [0, 0.05) is 32.1 Å². The molecule has 0 aliphatic rings. The van der Waals surface area contributed by atoms with Crippen LogP contribution < -0.4 is 4.90 Å². The van der Waals surface area contributed by atoms with Crippen molar-refractivity contribution in [2.45, 2.75) is 6.92 Å². The van der Waals surface area contributed by atoms with Gasteiger partial charge in [0.15, 0.2) is 0 Å².